The fourth-order valence-corrected chi connectivity index (χ4v) is 2.22. The summed E-state index contributed by atoms with van der Waals surface area (Å²) in [5.74, 6) is -3.29. The molecule has 0 unspecified atom stereocenters. The fourth-order valence-electron chi connectivity index (χ4n) is 2.22. The number of aliphatic carboxylic acids is 1. The molecule has 1 aliphatic rings. The van der Waals surface area contributed by atoms with Crippen LogP contribution >= 0.6 is 0 Å². The van der Waals surface area contributed by atoms with E-state index in [1.54, 1.807) is 6.92 Å². The maximum Gasteiger partial charge on any atom is 0.310 e. The molecule has 0 saturated heterocycles. The van der Waals surface area contributed by atoms with Gasteiger partial charge in [0.15, 0.2) is 0 Å². The number of carbonyl (C=O) groups is 3. The van der Waals surface area contributed by atoms with Crippen molar-refractivity contribution in [2.24, 2.45) is 5.41 Å². The Balaban J connectivity index is 2.51. The summed E-state index contributed by atoms with van der Waals surface area (Å²) in [5, 5.41) is 9.13. The maximum atomic E-state index is 13.3. The van der Waals surface area contributed by atoms with Crippen LogP contribution in [0.2, 0.25) is 0 Å². The summed E-state index contributed by atoms with van der Waals surface area (Å²) in [4.78, 5) is 36.1. The molecule has 5 nitrogen and oxygen atoms in total. The molecule has 0 fully saturated rings. The second kappa shape index (κ2) is 4.40. The van der Waals surface area contributed by atoms with E-state index in [1.807, 2.05) is 0 Å². The molecule has 1 heterocycles. The largest absolute Gasteiger partial charge is 0.481 e. The molecule has 2 rings (SSSR count). The molecule has 1 aliphatic heterocycles. The van der Waals surface area contributed by atoms with Crippen molar-refractivity contribution in [3.8, 4) is 0 Å². The Labute approximate surface area is 115 Å². The Morgan fingerprint density at radius 3 is 2.50 bits per heavy atom. The van der Waals surface area contributed by atoms with E-state index < -0.39 is 28.9 Å². The van der Waals surface area contributed by atoms with Crippen LogP contribution in [0.15, 0.2) is 12.1 Å². The molecule has 0 radical (unpaired) electrons. The molecule has 0 aromatic heterocycles. The second-order valence-corrected chi connectivity index (χ2v) is 5.53. The highest BCUT2D eigenvalue weighted by molar-refractivity contribution is 6.52. The minimum atomic E-state index is -1.21. The zero-order valence-electron chi connectivity index (χ0n) is 11.4. The van der Waals surface area contributed by atoms with Crippen molar-refractivity contribution in [1.29, 1.82) is 0 Å². The third-order valence-corrected chi connectivity index (χ3v) is 3.35. The van der Waals surface area contributed by atoms with E-state index in [1.165, 1.54) is 19.9 Å². The van der Waals surface area contributed by atoms with Crippen molar-refractivity contribution in [2.75, 3.05) is 11.4 Å². The van der Waals surface area contributed by atoms with Gasteiger partial charge in [0, 0.05) is 6.54 Å². The lowest BCUT2D eigenvalue weighted by Crippen LogP contribution is -2.42. The van der Waals surface area contributed by atoms with Crippen LogP contribution in [-0.4, -0.2) is 29.3 Å². The van der Waals surface area contributed by atoms with Gasteiger partial charge in [-0.2, -0.15) is 0 Å². The summed E-state index contributed by atoms with van der Waals surface area (Å²) in [6, 6.07) is 2.22. The lowest BCUT2D eigenvalue weighted by atomic mass is 9.93. The molecule has 1 amide bonds. The molecule has 1 aromatic rings. The number of halogens is 1. The summed E-state index contributed by atoms with van der Waals surface area (Å²) < 4.78 is 13.3. The number of carboxylic acids is 1. The maximum absolute atomic E-state index is 13.3. The standard InChI is InChI=1S/C14H14FNO4/c1-7-4-8(15)5-9-10(7)16(12(18)11(9)17)6-14(2,3)13(19)20/h4-5H,6H2,1-3H3,(H,19,20). The van der Waals surface area contributed by atoms with Crippen LogP contribution < -0.4 is 4.90 Å². The molecular formula is C14H14FNO4. The van der Waals surface area contributed by atoms with Gasteiger partial charge in [-0.15, -0.1) is 0 Å². The van der Waals surface area contributed by atoms with Crippen molar-refractivity contribution < 1.29 is 23.9 Å². The molecule has 1 N–H and O–H groups in total. The lowest BCUT2D eigenvalue weighted by Gasteiger charge is -2.27. The summed E-state index contributed by atoms with van der Waals surface area (Å²) in [7, 11) is 0. The lowest BCUT2D eigenvalue weighted by molar-refractivity contribution is -0.146. The monoisotopic (exact) mass is 279 g/mol. The molecule has 0 saturated carbocycles. The summed E-state index contributed by atoms with van der Waals surface area (Å²) in [6.45, 7) is 4.36. The van der Waals surface area contributed by atoms with Crippen LogP contribution in [0.4, 0.5) is 10.1 Å². The number of amides is 1. The highest BCUT2D eigenvalue weighted by atomic mass is 19.1. The van der Waals surface area contributed by atoms with Crippen molar-refractivity contribution in [3.63, 3.8) is 0 Å². The molecule has 0 aliphatic carbocycles. The molecule has 1 aromatic carbocycles. The first-order chi connectivity index (χ1) is 9.15. The number of Topliss-reactive ketones (excluding diaryl/α,β-unsaturated/α-hetero) is 1. The molecule has 0 spiro atoms. The van der Waals surface area contributed by atoms with Crippen molar-refractivity contribution in [1.82, 2.24) is 0 Å². The fraction of sp³-hybridized carbons (Fsp3) is 0.357. The number of benzene rings is 1. The molecule has 20 heavy (non-hydrogen) atoms. The first-order valence-electron chi connectivity index (χ1n) is 6.05. The summed E-state index contributed by atoms with van der Waals surface area (Å²) >= 11 is 0. The topological polar surface area (TPSA) is 74.7 Å². The first kappa shape index (κ1) is 14.2. The average Bonchev–Trinajstić information content (AvgIpc) is 2.54. The number of fused-ring (bicyclic) bond motifs is 1. The van der Waals surface area contributed by atoms with Gasteiger partial charge in [0.2, 0.25) is 0 Å². The number of rotatable bonds is 3. The van der Waals surface area contributed by atoms with E-state index in [0.717, 1.165) is 11.0 Å². The smallest absolute Gasteiger partial charge is 0.310 e. The third kappa shape index (κ3) is 2.07. The summed E-state index contributed by atoms with van der Waals surface area (Å²) in [5.41, 5.74) is -0.483. The van der Waals surface area contributed by atoms with Crippen molar-refractivity contribution in [2.45, 2.75) is 20.8 Å². The van der Waals surface area contributed by atoms with Gasteiger partial charge in [0.1, 0.15) is 5.82 Å². The minimum absolute atomic E-state index is 0.00584. The number of anilines is 1. The Hall–Kier alpha value is -2.24. The van der Waals surface area contributed by atoms with E-state index in [4.69, 9.17) is 5.11 Å². The van der Waals surface area contributed by atoms with E-state index in [-0.39, 0.29) is 12.1 Å². The van der Waals surface area contributed by atoms with Gasteiger partial charge in [-0.1, -0.05) is 0 Å². The van der Waals surface area contributed by atoms with Gasteiger partial charge in [0.05, 0.1) is 16.7 Å². The van der Waals surface area contributed by atoms with E-state index in [9.17, 15) is 18.8 Å². The Bertz CT molecular complexity index is 636. The van der Waals surface area contributed by atoms with E-state index >= 15 is 0 Å². The Morgan fingerprint density at radius 1 is 1.35 bits per heavy atom. The number of carbonyl (C=O) groups excluding carboxylic acids is 2. The van der Waals surface area contributed by atoms with Crippen LogP contribution in [-0.2, 0) is 9.59 Å². The van der Waals surface area contributed by atoms with Gasteiger partial charge < -0.3 is 10.0 Å². The van der Waals surface area contributed by atoms with E-state index in [0.29, 0.717) is 11.3 Å². The van der Waals surface area contributed by atoms with Gasteiger partial charge in [-0.25, -0.2) is 4.39 Å². The number of nitrogens with zero attached hydrogens (tertiary/aromatic N) is 1. The average molecular weight is 279 g/mol. The Morgan fingerprint density at radius 2 is 1.95 bits per heavy atom. The van der Waals surface area contributed by atoms with Gasteiger partial charge in [-0.05, 0) is 38.5 Å². The second-order valence-electron chi connectivity index (χ2n) is 5.53. The predicted molar refractivity (Wildman–Crippen MR) is 69.2 cm³/mol. The highest BCUT2D eigenvalue weighted by Crippen LogP contribution is 2.35. The van der Waals surface area contributed by atoms with Crippen LogP contribution in [0.25, 0.3) is 0 Å². The molecule has 0 bridgehead atoms. The SMILES string of the molecule is Cc1cc(F)cc2c1N(CC(C)(C)C(=O)O)C(=O)C2=O. The van der Waals surface area contributed by atoms with Gasteiger partial charge >= 0.3 is 5.97 Å². The molecule has 6 heteroatoms. The number of carboxylic acid groups (broad SMARTS) is 1. The number of ketones is 1. The normalized spacial score (nSPS) is 14.7. The molecule has 106 valence electrons. The molecule has 0 atom stereocenters. The first-order valence-corrected chi connectivity index (χ1v) is 6.05. The van der Waals surface area contributed by atoms with Crippen LogP contribution in [0, 0.1) is 18.2 Å². The Kier molecular flexibility index (Phi) is 3.12. The van der Waals surface area contributed by atoms with Gasteiger partial charge in [0.25, 0.3) is 11.7 Å². The number of hydrogen-bond acceptors (Lipinski definition) is 3. The van der Waals surface area contributed by atoms with Crippen LogP contribution in [0.1, 0.15) is 29.8 Å². The highest BCUT2D eigenvalue weighted by Gasteiger charge is 2.42. The van der Waals surface area contributed by atoms with Crippen LogP contribution in [0.3, 0.4) is 0 Å². The van der Waals surface area contributed by atoms with Crippen LogP contribution in [0.5, 0.6) is 0 Å². The predicted octanol–water partition coefficient (Wildman–Crippen LogP) is 1.77. The zero-order chi connectivity index (χ0) is 15.2. The van der Waals surface area contributed by atoms with Gasteiger partial charge in [-0.3, -0.25) is 14.4 Å². The van der Waals surface area contributed by atoms with Crippen molar-refractivity contribution >= 4 is 23.3 Å². The minimum Gasteiger partial charge on any atom is -0.481 e. The number of aryl methyl sites for hydroxylation is 1. The quantitative estimate of drug-likeness (QED) is 0.856. The van der Waals surface area contributed by atoms with Crippen molar-refractivity contribution in [3.05, 3.63) is 29.1 Å². The molecular weight excluding hydrogens is 265 g/mol. The zero-order valence-corrected chi connectivity index (χ0v) is 11.4. The van der Waals surface area contributed by atoms with E-state index in [2.05, 4.69) is 0 Å². The third-order valence-electron chi connectivity index (χ3n) is 3.35. The number of hydrogen-bond donors (Lipinski definition) is 1. The summed E-state index contributed by atoms with van der Waals surface area (Å²) in [6.07, 6.45) is 0.